The molecule has 0 N–H and O–H groups in total. The van der Waals surface area contributed by atoms with Crippen molar-refractivity contribution in [2.75, 3.05) is 20.2 Å². The van der Waals surface area contributed by atoms with E-state index in [2.05, 4.69) is 51.7 Å². The zero-order chi connectivity index (χ0) is 34.4. The SMILES string of the molecule is COC(=O)c1ccc(Cc2ccc3c(c2)CC[C@H](CN(C[C@@H](O[SiH2]C(C)(C)C(C)(C)C)c2cccnc2)C(=O)OC(C)(C)C)O3)cc1. The maximum absolute atomic E-state index is 13.7. The van der Waals surface area contributed by atoms with Crippen molar-refractivity contribution in [3.8, 4) is 5.75 Å². The van der Waals surface area contributed by atoms with Gasteiger partial charge in [0.05, 0.1) is 31.9 Å². The van der Waals surface area contributed by atoms with Crippen LogP contribution in [0, 0.1) is 5.41 Å². The molecule has 3 aromatic rings. The van der Waals surface area contributed by atoms with Crippen LogP contribution in [0.25, 0.3) is 0 Å². The van der Waals surface area contributed by atoms with Gasteiger partial charge >= 0.3 is 12.1 Å². The average Bonchev–Trinajstić information content (AvgIpc) is 3.01. The van der Waals surface area contributed by atoms with Gasteiger partial charge in [0.25, 0.3) is 0 Å². The van der Waals surface area contributed by atoms with Crippen LogP contribution in [0.4, 0.5) is 4.79 Å². The smallest absolute Gasteiger partial charge is 0.410 e. The largest absolute Gasteiger partial charge is 0.488 e. The number of esters is 1. The quantitative estimate of drug-likeness (QED) is 0.156. The lowest BCUT2D eigenvalue weighted by atomic mass is 9.82. The molecule has 47 heavy (non-hydrogen) atoms. The van der Waals surface area contributed by atoms with Gasteiger partial charge in [0.1, 0.15) is 17.5 Å². The maximum atomic E-state index is 13.7. The first-order valence-electron chi connectivity index (χ1n) is 16.5. The van der Waals surface area contributed by atoms with E-state index in [-0.39, 0.29) is 34.7 Å². The molecular weight excluding hydrogens is 609 g/mol. The second kappa shape index (κ2) is 15.0. The average molecular weight is 661 g/mol. The van der Waals surface area contributed by atoms with Crippen LogP contribution in [-0.2, 0) is 26.7 Å². The predicted octanol–water partition coefficient (Wildman–Crippen LogP) is 7.48. The topological polar surface area (TPSA) is 87.2 Å². The number of hydrogen-bond donors (Lipinski definition) is 0. The molecule has 1 aliphatic heterocycles. The van der Waals surface area contributed by atoms with Crippen molar-refractivity contribution in [3.05, 3.63) is 94.8 Å². The van der Waals surface area contributed by atoms with Crippen LogP contribution in [0.15, 0.2) is 67.0 Å². The van der Waals surface area contributed by atoms with E-state index in [0.717, 1.165) is 41.7 Å². The molecule has 9 heteroatoms. The third kappa shape index (κ3) is 10.1. The van der Waals surface area contributed by atoms with E-state index in [1.54, 1.807) is 23.2 Å². The first-order chi connectivity index (χ1) is 22.0. The van der Waals surface area contributed by atoms with Gasteiger partial charge in [-0.05, 0) is 97.0 Å². The molecule has 0 fully saturated rings. The predicted molar refractivity (Wildman–Crippen MR) is 188 cm³/mol. The summed E-state index contributed by atoms with van der Waals surface area (Å²) in [6.07, 6.45) is 5.04. The van der Waals surface area contributed by atoms with E-state index in [1.807, 2.05) is 57.3 Å². The monoisotopic (exact) mass is 660 g/mol. The van der Waals surface area contributed by atoms with E-state index in [0.29, 0.717) is 18.7 Å². The van der Waals surface area contributed by atoms with Gasteiger partial charge in [0.2, 0.25) is 0 Å². The minimum Gasteiger partial charge on any atom is -0.488 e. The standard InChI is InChI=1S/C38H52N2O6Si/c1-36(2,3)38(7,8)47-46-33(30-11-10-20-39-23-30)25-40(35(42)45-37(4,5)6)24-31-18-17-29-22-27(14-19-32(29)44-31)21-26-12-15-28(16-13-26)34(41)43-9/h10-16,19-20,22-23,31,33H,17-18,21,24-25,47H2,1-9H3/t31-,33-/m1/s1. The molecule has 0 spiro atoms. The third-order valence-electron chi connectivity index (χ3n) is 9.13. The van der Waals surface area contributed by atoms with Gasteiger partial charge in [-0.15, -0.1) is 0 Å². The number of amides is 1. The van der Waals surface area contributed by atoms with Gasteiger partial charge in [-0.1, -0.05) is 65.0 Å². The van der Waals surface area contributed by atoms with Crippen molar-refractivity contribution in [2.45, 2.75) is 97.5 Å². The number of rotatable bonds is 11. The summed E-state index contributed by atoms with van der Waals surface area (Å²) in [4.78, 5) is 31.6. The van der Waals surface area contributed by atoms with E-state index >= 15 is 0 Å². The van der Waals surface area contributed by atoms with Crippen molar-refractivity contribution in [1.29, 1.82) is 0 Å². The lowest BCUT2D eigenvalue weighted by Gasteiger charge is -2.40. The maximum Gasteiger partial charge on any atom is 0.410 e. The fraction of sp³-hybridized carbons (Fsp3) is 0.500. The first-order valence-corrected chi connectivity index (χ1v) is 17.8. The lowest BCUT2D eigenvalue weighted by Crippen LogP contribution is -2.46. The third-order valence-corrected chi connectivity index (χ3v) is 11.5. The normalized spacial score (nSPS) is 15.9. The van der Waals surface area contributed by atoms with Crippen molar-refractivity contribution in [2.24, 2.45) is 5.41 Å². The summed E-state index contributed by atoms with van der Waals surface area (Å²) in [6.45, 7) is 17.7. The van der Waals surface area contributed by atoms with Crippen LogP contribution < -0.4 is 4.74 Å². The van der Waals surface area contributed by atoms with Crippen LogP contribution in [0.3, 0.4) is 0 Å². The van der Waals surface area contributed by atoms with Gasteiger partial charge in [-0.3, -0.25) is 4.98 Å². The van der Waals surface area contributed by atoms with Crippen LogP contribution in [0.5, 0.6) is 5.75 Å². The highest BCUT2D eigenvalue weighted by molar-refractivity contribution is 6.32. The fourth-order valence-electron chi connectivity index (χ4n) is 5.19. The molecule has 1 amide bonds. The number of hydrogen-bond acceptors (Lipinski definition) is 7. The molecule has 0 bridgehead atoms. The van der Waals surface area contributed by atoms with Gasteiger partial charge < -0.3 is 23.5 Å². The Balaban J connectivity index is 1.49. The number of fused-ring (bicyclic) bond motifs is 1. The van der Waals surface area contributed by atoms with Crippen LogP contribution in [0.2, 0.25) is 5.04 Å². The number of carbonyl (C=O) groups excluding carboxylic acids is 2. The lowest BCUT2D eigenvalue weighted by molar-refractivity contribution is 0.00568. The molecule has 1 aromatic heterocycles. The zero-order valence-electron chi connectivity index (χ0n) is 29.6. The number of ether oxygens (including phenoxy) is 3. The zero-order valence-corrected chi connectivity index (χ0v) is 31.0. The molecule has 0 radical (unpaired) electrons. The summed E-state index contributed by atoms with van der Waals surface area (Å²) < 4.78 is 24.0. The minimum absolute atomic E-state index is 0.0335. The number of aromatic nitrogens is 1. The van der Waals surface area contributed by atoms with Gasteiger partial charge in [0, 0.05) is 12.4 Å². The van der Waals surface area contributed by atoms with Crippen molar-refractivity contribution in [1.82, 2.24) is 9.88 Å². The van der Waals surface area contributed by atoms with Crippen molar-refractivity contribution >= 4 is 21.8 Å². The molecule has 0 aliphatic carbocycles. The summed E-state index contributed by atoms with van der Waals surface area (Å²) in [5.74, 6) is 0.503. The molecule has 2 aromatic carbocycles. The molecule has 1 aliphatic rings. The highest BCUT2D eigenvalue weighted by Gasteiger charge is 2.36. The second-order valence-electron chi connectivity index (χ2n) is 15.2. The molecule has 8 nitrogen and oxygen atoms in total. The number of nitrogens with zero attached hydrogens (tertiary/aromatic N) is 2. The Morgan fingerprint density at radius 1 is 1.00 bits per heavy atom. The Kier molecular flexibility index (Phi) is 11.6. The van der Waals surface area contributed by atoms with E-state index in [4.69, 9.17) is 18.6 Å². The van der Waals surface area contributed by atoms with Gasteiger partial charge in [0.15, 0.2) is 9.76 Å². The highest BCUT2D eigenvalue weighted by atomic mass is 28.2. The minimum atomic E-state index is -1.02. The van der Waals surface area contributed by atoms with E-state index in [9.17, 15) is 9.59 Å². The number of aryl methyl sites for hydroxylation is 1. The van der Waals surface area contributed by atoms with E-state index in [1.165, 1.54) is 12.7 Å². The molecule has 254 valence electrons. The molecule has 2 atom stereocenters. The molecule has 0 saturated heterocycles. The summed E-state index contributed by atoms with van der Waals surface area (Å²) in [5.41, 5.74) is 4.36. The summed E-state index contributed by atoms with van der Waals surface area (Å²) in [7, 11) is 0.366. The molecule has 4 rings (SSSR count). The number of benzene rings is 2. The Morgan fingerprint density at radius 2 is 1.70 bits per heavy atom. The summed E-state index contributed by atoms with van der Waals surface area (Å²) in [6, 6.07) is 17.7. The molecule has 0 unspecified atom stereocenters. The van der Waals surface area contributed by atoms with Crippen molar-refractivity contribution in [3.63, 3.8) is 0 Å². The molecule has 2 heterocycles. The van der Waals surface area contributed by atoms with Crippen LogP contribution in [0.1, 0.15) is 101 Å². The van der Waals surface area contributed by atoms with Gasteiger partial charge in [-0.25, -0.2) is 9.59 Å². The first kappa shape index (κ1) is 36.1. The molecule has 0 saturated carbocycles. The van der Waals surface area contributed by atoms with Crippen LogP contribution >= 0.6 is 0 Å². The van der Waals surface area contributed by atoms with Crippen LogP contribution in [-0.4, -0.2) is 63.6 Å². The Morgan fingerprint density at radius 3 is 2.32 bits per heavy atom. The number of pyridine rings is 1. The second-order valence-corrected chi connectivity index (χ2v) is 17.6. The summed E-state index contributed by atoms with van der Waals surface area (Å²) in [5, 5.41) is 0.0335. The molecular formula is C38H52N2O6Si. The number of methoxy groups -OCH3 is 1. The Bertz CT molecular complexity index is 1500. The van der Waals surface area contributed by atoms with E-state index < -0.39 is 15.4 Å². The Labute approximate surface area is 283 Å². The Hall–Kier alpha value is -3.69. The highest BCUT2D eigenvalue weighted by Crippen LogP contribution is 2.44. The summed E-state index contributed by atoms with van der Waals surface area (Å²) >= 11 is 0. The number of carbonyl (C=O) groups is 2. The van der Waals surface area contributed by atoms with Gasteiger partial charge in [-0.2, -0.15) is 0 Å². The fourth-order valence-corrected chi connectivity index (χ4v) is 6.54. The van der Waals surface area contributed by atoms with Crippen molar-refractivity contribution < 1.29 is 28.2 Å².